The van der Waals surface area contributed by atoms with E-state index in [-0.39, 0.29) is 5.69 Å². The lowest BCUT2D eigenvalue weighted by atomic mass is 10.2. The predicted molar refractivity (Wildman–Crippen MR) is 114 cm³/mol. The van der Waals surface area contributed by atoms with Crippen molar-refractivity contribution in [1.29, 1.82) is 0 Å². The van der Waals surface area contributed by atoms with Crippen LogP contribution in [0.1, 0.15) is 20.9 Å². The van der Waals surface area contributed by atoms with Crippen LogP contribution in [-0.4, -0.2) is 41.9 Å². The number of benzene rings is 1. The number of carbonyl (C=O) groups excluding carboxylic acids is 1. The van der Waals surface area contributed by atoms with Gasteiger partial charge in [-0.05, 0) is 12.5 Å². The summed E-state index contributed by atoms with van der Waals surface area (Å²) in [5.41, 5.74) is 1.19. The molecule has 0 saturated carbocycles. The molecule has 0 radical (unpaired) electrons. The molecule has 2 heterocycles. The second-order valence-corrected chi connectivity index (χ2v) is 9.80. The number of nitrogens with one attached hydrogen (secondary N) is 1. The van der Waals surface area contributed by atoms with E-state index in [1.807, 2.05) is 40.0 Å². The van der Waals surface area contributed by atoms with Crippen LogP contribution in [0.25, 0.3) is 0 Å². The average Bonchev–Trinajstić information content (AvgIpc) is 3.23. The van der Waals surface area contributed by atoms with Gasteiger partial charge >= 0.3 is 0 Å². The molecule has 0 atom stereocenters. The van der Waals surface area contributed by atoms with Crippen LogP contribution in [-0.2, 0) is 23.1 Å². The second-order valence-electron chi connectivity index (χ2n) is 6.43. The number of sulfonamides is 1. The number of aromatic nitrogens is 3. The van der Waals surface area contributed by atoms with Crippen LogP contribution in [0.5, 0.6) is 0 Å². The molecule has 0 spiro atoms. The van der Waals surface area contributed by atoms with E-state index in [1.165, 1.54) is 11.3 Å². The van der Waals surface area contributed by atoms with Crippen LogP contribution >= 0.6 is 22.9 Å². The highest BCUT2D eigenvalue weighted by molar-refractivity contribution is 7.89. The monoisotopic (exact) mass is 453 g/mol. The molecule has 11 heteroatoms. The first-order chi connectivity index (χ1) is 13.7. The maximum atomic E-state index is 12.3. The van der Waals surface area contributed by atoms with Crippen molar-refractivity contribution in [1.82, 2.24) is 19.5 Å². The fourth-order valence-corrected chi connectivity index (χ4v) is 4.20. The minimum absolute atomic E-state index is 0.107. The summed E-state index contributed by atoms with van der Waals surface area (Å²) < 4.78 is 26.5. The lowest BCUT2D eigenvalue weighted by Gasteiger charge is -2.22. The Kier molecular flexibility index (Phi) is 6.56. The number of rotatable bonds is 8. The summed E-state index contributed by atoms with van der Waals surface area (Å²) in [5, 5.41) is 5.38. The van der Waals surface area contributed by atoms with E-state index in [2.05, 4.69) is 10.1 Å². The number of hydrogen-bond donors (Lipinski definition) is 1. The molecule has 0 bridgehead atoms. The van der Waals surface area contributed by atoms with Crippen molar-refractivity contribution in [3.05, 3.63) is 63.9 Å². The number of hydrogen-bond acceptors (Lipinski definition) is 7. The molecule has 1 N–H and O–H groups in total. The molecule has 0 saturated heterocycles. The largest absolute Gasteiger partial charge is 0.342 e. The Balaban J connectivity index is 1.84. The van der Waals surface area contributed by atoms with E-state index in [4.69, 9.17) is 11.6 Å². The molecule has 3 rings (SSSR count). The third-order valence-corrected chi connectivity index (χ3v) is 5.75. The van der Waals surface area contributed by atoms with Crippen LogP contribution in [0.15, 0.2) is 42.7 Å². The number of thiazole rings is 1. The van der Waals surface area contributed by atoms with Crippen molar-refractivity contribution >= 4 is 44.0 Å². The van der Waals surface area contributed by atoms with Gasteiger partial charge in [-0.3, -0.25) is 9.48 Å². The second kappa shape index (κ2) is 8.93. The number of carbonyl (C=O) groups is 1. The molecule has 1 amide bonds. The number of amides is 1. The molecule has 0 aliphatic carbocycles. The minimum atomic E-state index is -3.66. The Morgan fingerprint density at radius 2 is 2.03 bits per heavy atom. The Bertz CT molecular complexity index is 1100. The van der Waals surface area contributed by atoms with Crippen LogP contribution in [0.2, 0.25) is 5.02 Å². The molecule has 2 aromatic heterocycles. The van der Waals surface area contributed by atoms with Crippen molar-refractivity contribution in [2.45, 2.75) is 20.0 Å². The van der Waals surface area contributed by atoms with E-state index in [0.717, 1.165) is 11.8 Å². The van der Waals surface area contributed by atoms with Crippen molar-refractivity contribution in [2.24, 2.45) is 0 Å². The van der Waals surface area contributed by atoms with Crippen LogP contribution < -0.4 is 9.62 Å². The average molecular weight is 454 g/mol. The summed E-state index contributed by atoms with van der Waals surface area (Å²) in [6, 6.07) is 9.88. The van der Waals surface area contributed by atoms with E-state index in [1.54, 1.807) is 24.0 Å². The first-order valence-electron chi connectivity index (χ1n) is 8.67. The van der Waals surface area contributed by atoms with Gasteiger partial charge in [-0.15, -0.1) is 11.3 Å². The topological polar surface area (TPSA) is 97.2 Å². The Labute approximate surface area is 178 Å². The van der Waals surface area contributed by atoms with Crippen LogP contribution in [0, 0.1) is 6.92 Å². The van der Waals surface area contributed by atoms with E-state index in [0.29, 0.717) is 34.7 Å². The Morgan fingerprint density at radius 3 is 2.66 bits per heavy atom. The Morgan fingerprint density at radius 1 is 1.31 bits per heavy atom. The quantitative estimate of drug-likeness (QED) is 0.563. The van der Waals surface area contributed by atoms with Gasteiger partial charge in [0.05, 0.1) is 24.0 Å². The lowest BCUT2D eigenvalue weighted by Crippen LogP contribution is -2.30. The minimum Gasteiger partial charge on any atom is -0.342 e. The van der Waals surface area contributed by atoms with E-state index < -0.39 is 15.9 Å². The molecule has 0 fully saturated rings. The molecule has 154 valence electrons. The highest BCUT2D eigenvalue weighted by atomic mass is 35.5. The maximum Gasteiger partial charge on any atom is 0.284 e. The lowest BCUT2D eigenvalue weighted by molar-refractivity contribution is 0.0977. The number of aryl methyl sites for hydroxylation is 1. The first-order valence-corrected chi connectivity index (χ1v) is 11.8. The standard InChI is InChI=1S/C18H20ClN5O3S2/c1-13-16(17(25)22-29(2,26)27)21-18(28-13)23(11-14-6-4-3-5-7-14)8-9-24-12-15(19)10-20-24/h3-7,10,12H,8-9,11H2,1-2H3,(H,22,25). The fourth-order valence-electron chi connectivity index (χ4n) is 2.68. The summed E-state index contributed by atoms with van der Waals surface area (Å²) >= 11 is 7.27. The number of halogens is 1. The van der Waals surface area contributed by atoms with E-state index >= 15 is 0 Å². The van der Waals surface area contributed by atoms with Gasteiger partial charge in [0.1, 0.15) is 5.69 Å². The van der Waals surface area contributed by atoms with Gasteiger partial charge in [-0.1, -0.05) is 41.9 Å². The van der Waals surface area contributed by atoms with Gasteiger partial charge < -0.3 is 4.90 Å². The van der Waals surface area contributed by atoms with E-state index in [9.17, 15) is 13.2 Å². The SMILES string of the molecule is Cc1sc(N(CCn2cc(Cl)cn2)Cc2ccccc2)nc1C(=O)NS(C)(=O)=O. The molecular weight excluding hydrogens is 434 g/mol. The number of nitrogens with zero attached hydrogens (tertiary/aromatic N) is 4. The molecule has 8 nitrogen and oxygen atoms in total. The Hall–Kier alpha value is -2.43. The molecule has 0 unspecified atom stereocenters. The fraction of sp³-hybridized carbons (Fsp3) is 0.278. The van der Waals surface area contributed by atoms with Crippen molar-refractivity contribution in [3.8, 4) is 0 Å². The van der Waals surface area contributed by atoms with Crippen LogP contribution in [0.4, 0.5) is 5.13 Å². The summed E-state index contributed by atoms with van der Waals surface area (Å²) in [5.74, 6) is -0.731. The third-order valence-electron chi connectivity index (χ3n) is 3.97. The van der Waals surface area contributed by atoms with Crippen LogP contribution in [0.3, 0.4) is 0 Å². The smallest absolute Gasteiger partial charge is 0.284 e. The van der Waals surface area contributed by atoms with Gasteiger partial charge in [0.15, 0.2) is 5.13 Å². The van der Waals surface area contributed by atoms with Crippen molar-refractivity contribution in [3.63, 3.8) is 0 Å². The molecule has 1 aromatic carbocycles. The summed E-state index contributed by atoms with van der Waals surface area (Å²) in [6.07, 6.45) is 4.25. The third kappa shape index (κ3) is 6.02. The molecule has 0 aliphatic rings. The van der Waals surface area contributed by atoms with Crippen molar-refractivity contribution < 1.29 is 13.2 Å². The van der Waals surface area contributed by atoms with Gasteiger partial charge in [-0.2, -0.15) is 5.10 Å². The zero-order valence-electron chi connectivity index (χ0n) is 15.9. The highest BCUT2D eigenvalue weighted by Gasteiger charge is 2.21. The molecule has 3 aromatic rings. The van der Waals surface area contributed by atoms with Gasteiger partial charge in [0.2, 0.25) is 10.0 Å². The predicted octanol–water partition coefficient (Wildman–Crippen LogP) is 2.70. The normalized spacial score (nSPS) is 11.4. The zero-order valence-corrected chi connectivity index (χ0v) is 18.3. The highest BCUT2D eigenvalue weighted by Crippen LogP contribution is 2.27. The molecule has 0 aliphatic heterocycles. The molecular formula is C18H20ClN5O3S2. The zero-order chi connectivity index (χ0) is 21.0. The number of anilines is 1. The summed E-state index contributed by atoms with van der Waals surface area (Å²) in [7, 11) is -3.66. The van der Waals surface area contributed by atoms with Gasteiger partial charge in [-0.25, -0.2) is 18.1 Å². The van der Waals surface area contributed by atoms with Gasteiger partial charge in [0, 0.05) is 24.2 Å². The first kappa shape index (κ1) is 21.3. The summed E-state index contributed by atoms with van der Waals surface area (Å²) in [4.78, 5) is 19.4. The van der Waals surface area contributed by atoms with Gasteiger partial charge in [0.25, 0.3) is 5.91 Å². The van der Waals surface area contributed by atoms with Crippen molar-refractivity contribution in [2.75, 3.05) is 17.7 Å². The summed E-state index contributed by atoms with van der Waals surface area (Å²) in [6.45, 7) is 3.47. The maximum absolute atomic E-state index is 12.3. The molecule has 29 heavy (non-hydrogen) atoms.